The van der Waals surface area contributed by atoms with Crippen molar-refractivity contribution in [2.75, 3.05) is 19.7 Å². The van der Waals surface area contributed by atoms with E-state index in [9.17, 15) is 4.79 Å². The molecular weight excluding hydrogens is 256 g/mol. The maximum atomic E-state index is 11.5. The normalized spacial score (nSPS) is 13.3. The summed E-state index contributed by atoms with van der Waals surface area (Å²) in [6, 6.07) is 0.230. The molecule has 2 N–H and O–H groups in total. The molecule has 0 heterocycles. The van der Waals surface area contributed by atoms with Crippen LogP contribution in [0.1, 0.15) is 54.4 Å². The molecule has 0 radical (unpaired) electrons. The number of carbonyl (C=O) groups is 1. The summed E-state index contributed by atoms with van der Waals surface area (Å²) in [6.45, 7) is 14.0. The Balaban J connectivity index is 3.50. The van der Waals surface area contributed by atoms with Crippen LogP contribution in [0.4, 0.5) is 4.79 Å². The van der Waals surface area contributed by atoms with Crippen molar-refractivity contribution in [2.24, 2.45) is 0 Å². The molecular formula is C15H32N2O3. The number of amides is 1. The average molecular weight is 288 g/mol. The zero-order valence-electron chi connectivity index (χ0n) is 13.9. The zero-order chi connectivity index (χ0) is 15.6. The first-order valence-electron chi connectivity index (χ1n) is 7.52. The first kappa shape index (κ1) is 19.2. The van der Waals surface area contributed by atoms with E-state index in [0.717, 1.165) is 26.0 Å². The van der Waals surface area contributed by atoms with Gasteiger partial charge in [0.2, 0.25) is 0 Å². The molecule has 5 nitrogen and oxygen atoms in total. The molecule has 1 unspecified atom stereocenters. The zero-order valence-corrected chi connectivity index (χ0v) is 13.9. The lowest BCUT2D eigenvalue weighted by molar-refractivity contribution is 0.0523. The van der Waals surface area contributed by atoms with Gasteiger partial charge in [0, 0.05) is 19.2 Å². The molecule has 0 aliphatic heterocycles. The summed E-state index contributed by atoms with van der Waals surface area (Å²) in [5.74, 6) is 0. The highest BCUT2D eigenvalue weighted by Crippen LogP contribution is 2.06. The van der Waals surface area contributed by atoms with Crippen LogP contribution in [0.25, 0.3) is 0 Å². The van der Waals surface area contributed by atoms with Gasteiger partial charge in [0.25, 0.3) is 0 Å². The van der Waals surface area contributed by atoms with Gasteiger partial charge in [0.15, 0.2) is 0 Å². The van der Waals surface area contributed by atoms with Crippen molar-refractivity contribution in [2.45, 2.75) is 72.1 Å². The molecule has 1 atom stereocenters. The fourth-order valence-corrected chi connectivity index (χ4v) is 1.52. The standard InChI is InChI=1S/C15H32N2O3/c1-12(2)19-10-8-7-9-16-13(3)11-17-14(18)20-15(4,5)6/h12-13,16H,7-11H2,1-6H3,(H,17,18). The molecule has 0 aromatic heterocycles. The molecule has 0 bridgehead atoms. The third-order valence-corrected chi connectivity index (χ3v) is 2.47. The molecule has 20 heavy (non-hydrogen) atoms. The number of carbonyl (C=O) groups excluding carboxylic acids is 1. The lowest BCUT2D eigenvalue weighted by Crippen LogP contribution is -2.41. The topological polar surface area (TPSA) is 59.6 Å². The Morgan fingerprint density at radius 2 is 1.80 bits per heavy atom. The Labute approximate surface area is 123 Å². The number of ether oxygens (including phenoxy) is 2. The van der Waals surface area contributed by atoms with Crippen LogP contribution in [0, 0.1) is 0 Å². The second kappa shape index (κ2) is 10.00. The van der Waals surface area contributed by atoms with Crippen molar-refractivity contribution in [1.29, 1.82) is 0 Å². The summed E-state index contributed by atoms with van der Waals surface area (Å²) < 4.78 is 10.6. The minimum absolute atomic E-state index is 0.230. The Morgan fingerprint density at radius 1 is 1.15 bits per heavy atom. The average Bonchev–Trinajstić information content (AvgIpc) is 2.28. The predicted octanol–water partition coefficient (Wildman–Crippen LogP) is 2.69. The minimum atomic E-state index is -0.447. The van der Waals surface area contributed by atoms with Crippen molar-refractivity contribution in [1.82, 2.24) is 10.6 Å². The van der Waals surface area contributed by atoms with E-state index in [-0.39, 0.29) is 12.1 Å². The van der Waals surface area contributed by atoms with Crippen LogP contribution in [-0.2, 0) is 9.47 Å². The van der Waals surface area contributed by atoms with Gasteiger partial charge in [0.1, 0.15) is 5.60 Å². The van der Waals surface area contributed by atoms with Crippen molar-refractivity contribution >= 4 is 6.09 Å². The number of alkyl carbamates (subject to hydrolysis) is 1. The van der Waals surface area contributed by atoms with E-state index >= 15 is 0 Å². The van der Waals surface area contributed by atoms with Crippen LogP contribution in [0.2, 0.25) is 0 Å². The summed E-state index contributed by atoms with van der Waals surface area (Å²) in [5.41, 5.74) is -0.447. The van der Waals surface area contributed by atoms with Gasteiger partial charge in [-0.05, 0) is 60.9 Å². The monoisotopic (exact) mass is 288 g/mol. The Bertz CT molecular complexity index is 262. The van der Waals surface area contributed by atoms with Gasteiger partial charge in [-0.15, -0.1) is 0 Å². The largest absolute Gasteiger partial charge is 0.444 e. The quantitative estimate of drug-likeness (QED) is 0.640. The molecule has 0 saturated heterocycles. The lowest BCUT2D eigenvalue weighted by atomic mass is 10.2. The smallest absolute Gasteiger partial charge is 0.407 e. The van der Waals surface area contributed by atoms with E-state index in [0.29, 0.717) is 12.6 Å². The van der Waals surface area contributed by atoms with E-state index in [1.165, 1.54) is 0 Å². The second-order valence-electron chi connectivity index (χ2n) is 6.36. The maximum Gasteiger partial charge on any atom is 0.407 e. The third-order valence-electron chi connectivity index (χ3n) is 2.47. The van der Waals surface area contributed by atoms with E-state index in [1.54, 1.807) is 0 Å². The van der Waals surface area contributed by atoms with Crippen LogP contribution < -0.4 is 10.6 Å². The molecule has 0 aromatic rings. The van der Waals surface area contributed by atoms with Gasteiger partial charge in [-0.25, -0.2) is 4.79 Å². The van der Waals surface area contributed by atoms with Gasteiger partial charge in [-0.3, -0.25) is 0 Å². The third kappa shape index (κ3) is 13.6. The Morgan fingerprint density at radius 3 is 2.35 bits per heavy atom. The van der Waals surface area contributed by atoms with Crippen LogP contribution in [0.3, 0.4) is 0 Å². The van der Waals surface area contributed by atoms with Crippen LogP contribution in [0.5, 0.6) is 0 Å². The van der Waals surface area contributed by atoms with E-state index in [1.807, 2.05) is 41.5 Å². The highest BCUT2D eigenvalue weighted by molar-refractivity contribution is 5.67. The Kier molecular flexibility index (Phi) is 9.59. The molecule has 0 aromatic carbocycles. The summed E-state index contributed by atoms with van der Waals surface area (Å²) in [7, 11) is 0. The maximum absolute atomic E-state index is 11.5. The van der Waals surface area contributed by atoms with Crippen molar-refractivity contribution < 1.29 is 14.3 Å². The number of hydrogen-bond donors (Lipinski definition) is 2. The van der Waals surface area contributed by atoms with Gasteiger partial charge in [0.05, 0.1) is 6.10 Å². The van der Waals surface area contributed by atoms with Gasteiger partial charge >= 0.3 is 6.09 Å². The highest BCUT2D eigenvalue weighted by Gasteiger charge is 2.16. The second-order valence-corrected chi connectivity index (χ2v) is 6.36. The van der Waals surface area contributed by atoms with E-state index in [4.69, 9.17) is 9.47 Å². The van der Waals surface area contributed by atoms with Crippen LogP contribution in [-0.4, -0.2) is 43.5 Å². The van der Waals surface area contributed by atoms with Crippen molar-refractivity contribution in [3.63, 3.8) is 0 Å². The highest BCUT2D eigenvalue weighted by atomic mass is 16.6. The first-order valence-corrected chi connectivity index (χ1v) is 7.52. The molecule has 120 valence electrons. The van der Waals surface area contributed by atoms with E-state index in [2.05, 4.69) is 10.6 Å². The SMILES string of the molecule is CC(CNC(=O)OC(C)(C)C)NCCCCOC(C)C. The van der Waals surface area contributed by atoms with Crippen molar-refractivity contribution in [3.05, 3.63) is 0 Å². The summed E-state index contributed by atoms with van der Waals surface area (Å²) in [4.78, 5) is 11.5. The van der Waals surface area contributed by atoms with Crippen molar-refractivity contribution in [3.8, 4) is 0 Å². The summed E-state index contributed by atoms with van der Waals surface area (Å²) in [6.07, 6.45) is 2.07. The fraction of sp³-hybridized carbons (Fsp3) is 0.933. The molecule has 0 aliphatic carbocycles. The number of rotatable bonds is 9. The molecule has 1 amide bonds. The first-order chi connectivity index (χ1) is 9.20. The molecule has 0 spiro atoms. The fourth-order valence-electron chi connectivity index (χ4n) is 1.52. The van der Waals surface area contributed by atoms with Crippen LogP contribution in [0.15, 0.2) is 0 Å². The minimum Gasteiger partial charge on any atom is -0.444 e. The van der Waals surface area contributed by atoms with E-state index < -0.39 is 5.60 Å². The molecule has 0 aliphatic rings. The molecule has 0 fully saturated rings. The molecule has 0 saturated carbocycles. The summed E-state index contributed by atoms with van der Waals surface area (Å²) >= 11 is 0. The van der Waals surface area contributed by atoms with Gasteiger partial charge < -0.3 is 20.1 Å². The molecule has 0 rings (SSSR count). The number of hydrogen-bond acceptors (Lipinski definition) is 4. The van der Waals surface area contributed by atoms with Gasteiger partial charge in [-0.2, -0.15) is 0 Å². The molecule has 5 heteroatoms. The number of nitrogens with one attached hydrogen (secondary N) is 2. The lowest BCUT2D eigenvalue weighted by Gasteiger charge is -2.21. The van der Waals surface area contributed by atoms with Crippen LogP contribution >= 0.6 is 0 Å². The predicted molar refractivity (Wildman–Crippen MR) is 82.0 cm³/mol. The Hall–Kier alpha value is -0.810. The number of unbranched alkanes of at least 4 members (excludes halogenated alkanes) is 1. The van der Waals surface area contributed by atoms with Gasteiger partial charge in [-0.1, -0.05) is 0 Å². The summed E-state index contributed by atoms with van der Waals surface area (Å²) in [5, 5.41) is 6.12.